The van der Waals surface area contributed by atoms with E-state index < -0.39 is 35.7 Å². The van der Waals surface area contributed by atoms with Crippen LogP contribution in [0.2, 0.25) is 0 Å². The second-order valence-electron chi connectivity index (χ2n) is 7.24. The Bertz CT molecular complexity index is 554. The number of carbonyl (C=O) groups excluding carboxylic acids is 3. The lowest BCUT2D eigenvalue weighted by Crippen LogP contribution is -2.78. The first-order valence-corrected chi connectivity index (χ1v) is 8.64. The number of hydrogen-bond donors (Lipinski definition) is 4. The van der Waals surface area contributed by atoms with Crippen LogP contribution in [0.1, 0.15) is 46.5 Å². The Morgan fingerprint density at radius 1 is 1.35 bits per heavy atom. The molecule has 0 spiro atoms. The molecule has 1 aliphatic heterocycles. The number of carboxylic acid groups (broad SMARTS) is 1. The van der Waals surface area contributed by atoms with Crippen molar-refractivity contribution in [3.05, 3.63) is 0 Å². The minimum atomic E-state index is -1.38. The second-order valence-corrected chi connectivity index (χ2v) is 7.24. The van der Waals surface area contributed by atoms with Gasteiger partial charge in [0.15, 0.2) is 0 Å². The Balaban J connectivity index is 2.65. The fourth-order valence-corrected chi connectivity index (χ4v) is 2.63. The van der Waals surface area contributed by atoms with Gasteiger partial charge >= 0.3 is 12.1 Å². The Morgan fingerprint density at radius 3 is 2.54 bits per heavy atom. The standard InChI is InChI=1S/C16H29N5O5/c1-16(2,3)26-15(25)21-9-5-7-11(21)12(22)20-10(13(23)24)6-4-8-19-14(17)18/h10-11H,4-9H2,1-3H3,(H,20,22)(H,23,24)(H4,17,18,19)/t10-,11+/m1/s1. The molecule has 0 aromatic heterocycles. The molecule has 0 radical (unpaired) electrons. The van der Waals surface area contributed by atoms with E-state index in [0.29, 0.717) is 32.4 Å². The van der Waals surface area contributed by atoms with Crippen molar-refractivity contribution in [3.63, 3.8) is 0 Å². The van der Waals surface area contributed by atoms with Crippen LogP contribution in [0.3, 0.4) is 0 Å². The van der Waals surface area contributed by atoms with E-state index >= 15 is 0 Å². The average Bonchev–Trinajstić information content (AvgIpc) is 2.97. The summed E-state index contributed by atoms with van der Waals surface area (Å²) < 4.78 is 5.30. The van der Waals surface area contributed by atoms with E-state index in [1.54, 1.807) is 20.8 Å². The number of carboxylic acids is 1. The molecule has 1 rings (SSSR count). The van der Waals surface area contributed by atoms with Crippen molar-refractivity contribution in [2.24, 2.45) is 11.5 Å². The molecule has 1 saturated heterocycles. The van der Waals surface area contributed by atoms with Crippen LogP contribution in [0.5, 0.6) is 0 Å². The second kappa shape index (κ2) is 9.25. The van der Waals surface area contributed by atoms with Crippen molar-refractivity contribution in [1.82, 2.24) is 10.2 Å². The highest BCUT2D eigenvalue weighted by molar-refractivity contribution is 5.89. The van der Waals surface area contributed by atoms with Crippen molar-refractivity contribution in [2.75, 3.05) is 13.1 Å². The molecule has 148 valence electrons. The zero-order valence-corrected chi connectivity index (χ0v) is 15.5. The lowest BCUT2D eigenvalue weighted by atomic mass is 10.1. The van der Waals surface area contributed by atoms with Gasteiger partial charge in [0.25, 0.3) is 0 Å². The number of hydrogen-bond acceptors (Lipinski definition) is 5. The van der Waals surface area contributed by atoms with Gasteiger partial charge < -0.3 is 20.0 Å². The summed E-state index contributed by atoms with van der Waals surface area (Å²) in [6.45, 7) is 5.97. The van der Waals surface area contributed by atoms with E-state index in [-0.39, 0.29) is 12.4 Å². The maximum Gasteiger partial charge on any atom is 0.410 e. The van der Waals surface area contributed by atoms with Gasteiger partial charge in [-0.15, -0.1) is 0 Å². The van der Waals surface area contributed by atoms with Gasteiger partial charge in [-0.25, -0.2) is 4.79 Å². The summed E-state index contributed by atoms with van der Waals surface area (Å²) in [6, 6.07) is -1.91. The van der Waals surface area contributed by atoms with Crippen LogP contribution in [0, 0.1) is 0 Å². The van der Waals surface area contributed by atoms with Crippen LogP contribution in [-0.2, 0) is 14.3 Å². The number of nitrogens with two attached hydrogens (primary N) is 2. The van der Waals surface area contributed by atoms with Gasteiger partial charge in [0.1, 0.15) is 11.6 Å². The smallest absolute Gasteiger partial charge is 0.410 e. The highest BCUT2D eigenvalue weighted by Gasteiger charge is 2.37. The Morgan fingerprint density at radius 2 is 2.00 bits per heavy atom. The molecule has 0 aromatic rings. The zero-order valence-electron chi connectivity index (χ0n) is 15.5. The Labute approximate surface area is 152 Å². The van der Waals surface area contributed by atoms with Crippen LogP contribution >= 0.6 is 0 Å². The van der Waals surface area contributed by atoms with Crippen molar-refractivity contribution < 1.29 is 29.2 Å². The molecular weight excluding hydrogens is 342 g/mol. The molecule has 1 aliphatic rings. The van der Waals surface area contributed by atoms with E-state index in [4.69, 9.17) is 16.2 Å². The average molecular weight is 371 g/mol. The Hall–Kier alpha value is -2.52. The van der Waals surface area contributed by atoms with Crippen molar-refractivity contribution >= 4 is 23.9 Å². The van der Waals surface area contributed by atoms with E-state index in [9.17, 15) is 19.5 Å². The van der Waals surface area contributed by atoms with E-state index in [0.717, 1.165) is 0 Å². The summed E-state index contributed by atoms with van der Waals surface area (Å²) in [5.41, 5.74) is 9.83. The summed E-state index contributed by atoms with van der Waals surface area (Å²) in [6.07, 6.45) is 1.07. The predicted octanol–water partition coefficient (Wildman–Crippen LogP) is -3.25. The summed E-state index contributed by atoms with van der Waals surface area (Å²) in [7, 11) is 0. The number of nitrogens with zero attached hydrogens (tertiary/aromatic N) is 1. The first-order chi connectivity index (χ1) is 12.0. The molecule has 10 heteroatoms. The SMILES string of the molecule is CC(C)(C)OC(=O)N1CCC[C@H]1C(=O)N[C@H](CCC[NH+]=C(N)N)C(=O)[O-]. The number of rotatable bonds is 7. The third-order valence-corrected chi connectivity index (χ3v) is 3.78. The molecule has 0 bridgehead atoms. The van der Waals surface area contributed by atoms with Gasteiger partial charge in [-0.1, -0.05) is 0 Å². The van der Waals surface area contributed by atoms with Gasteiger partial charge in [0.05, 0.1) is 18.6 Å². The highest BCUT2D eigenvalue weighted by atomic mass is 16.6. The van der Waals surface area contributed by atoms with Crippen LogP contribution in [0.15, 0.2) is 0 Å². The van der Waals surface area contributed by atoms with E-state index in [2.05, 4.69) is 10.3 Å². The van der Waals surface area contributed by atoms with Crippen LogP contribution < -0.4 is 26.9 Å². The van der Waals surface area contributed by atoms with Crippen molar-refractivity contribution in [2.45, 2.75) is 64.1 Å². The predicted molar refractivity (Wildman–Crippen MR) is 91.3 cm³/mol. The topological polar surface area (TPSA) is 165 Å². The molecule has 10 nitrogen and oxygen atoms in total. The molecule has 0 aliphatic carbocycles. The number of nitrogens with one attached hydrogen (secondary N) is 2. The monoisotopic (exact) mass is 371 g/mol. The third-order valence-electron chi connectivity index (χ3n) is 3.78. The number of amides is 2. The minimum Gasteiger partial charge on any atom is -0.548 e. The highest BCUT2D eigenvalue weighted by Crippen LogP contribution is 2.21. The quantitative estimate of drug-likeness (QED) is 0.207. The van der Waals surface area contributed by atoms with Crippen LogP contribution in [0.4, 0.5) is 4.79 Å². The maximum atomic E-state index is 12.5. The number of carbonyl (C=O) groups is 3. The van der Waals surface area contributed by atoms with Crippen molar-refractivity contribution in [3.8, 4) is 0 Å². The molecule has 2 atom stereocenters. The molecule has 0 aromatic carbocycles. The van der Waals surface area contributed by atoms with Gasteiger partial charge in [-0.2, -0.15) is 0 Å². The molecule has 2 amide bonds. The maximum absolute atomic E-state index is 12.5. The van der Waals surface area contributed by atoms with E-state index in [1.807, 2.05) is 0 Å². The molecule has 0 unspecified atom stereocenters. The molecule has 1 heterocycles. The van der Waals surface area contributed by atoms with Gasteiger partial charge in [-0.3, -0.25) is 26.2 Å². The molecule has 0 saturated carbocycles. The lowest BCUT2D eigenvalue weighted by Gasteiger charge is -2.29. The summed E-state index contributed by atoms with van der Waals surface area (Å²) in [5.74, 6) is -1.87. The minimum absolute atomic E-state index is 0.0398. The summed E-state index contributed by atoms with van der Waals surface area (Å²) >= 11 is 0. The van der Waals surface area contributed by atoms with Gasteiger partial charge in [0.2, 0.25) is 5.91 Å². The Kier molecular flexibility index (Phi) is 7.66. The fraction of sp³-hybridized carbons (Fsp3) is 0.750. The zero-order chi connectivity index (χ0) is 19.9. The van der Waals surface area contributed by atoms with Gasteiger partial charge in [0, 0.05) is 6.54 Å². The van der Waals surface area contributed by atoms with Crippen LogP contribution in [-0.4, -0.2) is 59.6 Å². The molecular formula is C16H29N5O5. The third kappa shape index (κ3) is 7.16. The molecule has 1 fully saturated rings. The number of ether oxygens (including phenoxy) is 1. The molecule has 26 heavy (non-hydrogen) atoms. The van der Waals surface area contributed by atoms with Crippen molar-refractivity contribution in [1.29, 1.82) is 0 Å². The molecule has 6 N–H and O–H groups in total. The first-order valence-electron chi connectivity index (χ1n) is 8.64. The van der Waals surface area contributed by atoms with Gasteiger partial charge in [-0.05, 0) is 46.5 Å². The summed E-state index contributed by atoms with van der Waals surface area (Å²) in [4.78, 5) is 40.0. The largest absolute Gasteiger partial charge is 0.548 e. The number of guanidine groups is 1. The van der Waals surface area contributed by atoms with Crippen LogP contribution in [0.25, 0.3) is 0 Å². The normalized spacial score (nSPS) is 18.1. The van der Waals surface area contributed by atoms with E-state index in [1.165, 1.54) is 4.90 Å². The number of aliphatic carboxylic acids is 1. The lowest BCUT2D eigenvalue weighted by molar-refractivity contribution is -0.459. The summed E-state index contributed by atoms with van der Waals surface area (Å²) in [5, 5.41) is 13.7. The first kappa shape index (κ1) is 21.5. The fourth-order valence-electron chi connectivity index (χ4n) is 2.63. The number of likely N-dealkylation sites (tertiary alicyclic amines) is 1.